The Morgan fingerprint density at radius 1 is 0.250 bits per heavy atom. The number of allylic oxidation sites excluding steroid dienone is 8. The average Bonchev–Trinajstić information content (AvgIpc) is 3.46. The Hall–Kier alpha value is -2.63. The standard InChI is InChI=1S/C74H136O6/c1-4-7-10-13-16-19-22-25-28-31-33-34-35-36-37-38-39-40-41-44-46-49-52-55-58-61-64-67-73(76)79-70-71(69-78-72(75)66-63-60-57-54-51-48-45-42-30-27-24-21-18-15-12-9-6-3)80-74(77)68-65-62-59-56-53-50-47-43-32-29-26-23-20-17-14-11-8-5-2/h18,21,27,29-33,71H,4-17,19-20,22-26,28,34-70H2,1-3H3/b21-18-,30-27-,32-29-,33-31-. The highest BCUT2D eigenvalue weighted by atomic mass is 16.6. The molecule has 0 amide bonds. The van der Waals surface area contributed by atoms with Crippen molar-refractivity contribution in [2.45, 2.75) is 393 Å². The third-order valence-corrected chi connectivity index (χ3v) is 16.0. The second-order valence-corrected chi connectivity index (χ2v) is 24.1. The van der Waals surface area contributed by atoms with Gasteiger partial charge in [0.2, 0.25) is 0 Å². The normalized spacial score (nSPS) is 12.3. The van der Waals surface area contributed by atoms with Crippen molar-refractivity contribution in [1.29, 1.82) is 0 Å². The summed E-state index contributed by atoms with van der Waals surface area (Å²) in [7, 11) is 0. The molecule has 468 valence electrons. The number of carbonyl (C=O) groups excluding carboxylic acids is 3. The Morgan fingerprint density at radius 2 is 0.450 bits per heavy atom. The van der Waals surface area contributed by atoms with Gasteiger partial charge in [0.25, 0.3) is 0 Å². The second-order valence-electron chi connectivity index (χ2n) is 24.1. The van der Waals surface area contributed by atoms with Crippen LogP contribution in [0, 0.1) is 0 Å². The zero-order chi connectivity index (χ0) is 57.8. The maximum Gasteiger partial charge on any atom is 0.306 e. The molecule has 80 heavy (non-hydrogen) atoms. The predicted octanol–water partition coefficient (Wildman–Crippen LogP) is 24.5. The van der Waals surface area contributed by atoms with Crippen LogP contribution in [0.25, 0.3) is 0 Å². The van der Waals surface area contributed by atoms with Gasteiger partial charge in [-0.25, -0.2) is 0 Å². The minimum Gasteiger partial charge on any atom is -0.462 e. The number of hydrogen-bond acceptors (Lipinski definition) is 6. The maximum atomic E-state index is 12.9. The molecular formula is C74H136O6. The quantitative estimate of drug-likeness (QED) is 0.0261. The molecule has 1 atom stereocenters. The zero-order valence-electron chi connectivity index (χ0n) is 53.9. The van der Waals surface area contributed by atoms with E-state index in [1.807, 2.05) is 0 Å². The van der Waals surface area contributed by atoms with Gasteiger partial charge in [0.15, 0.2) is 6.10 Å². The van der Waals surface area contributed by atoms with Gasteiger partial charge in [-0.2, -0.15) is 0 Å². The smallest absolute Gasteiger partial charge is 0.306 e. The Bertz CT molecular complexity index is 1380. The highest BCUT2D eigenvalue weighted by Gasteiger charge is 2.19. The number of ether oxygens (including phenoxy) is 3. The minimum absolute atomic E-state index is 0.0740. The molecule has 0 heterocycles. The van der Waals surface area contributed by atoms with Crippen LogP contribution in [0.15, 0.2) is 48.6 Å². The lowest BCUT2D eigenvalue weighted by Gasteiger charge is -2.18. The summed E-state index contributed by atoms with van der Waals surface area (Å²) < 4.78 is 17.0. The Labute approximate surface area is 498 Å². The van der Waals surface area contributed by atoms with Gasteiger partial charge < -0.3 is 14.2 Å². The summed E-state index contributed by atoms with van der Waals surface area (Å²) in [4.78, 5) is 38.5. The van der Waals surface area contributed by atoms with Crippen LogP contribution in [0.1, 0.15) is 387 Å². The highest BCUT2D eigenvalue weighted by molar-refractivity contribution is 5.71. The van der Waals surface area contributed by atoms with Gasteiger partial charge in [-0.1, -0.05) is 313 Å². The van der Waals surface area contributed by atoms with Crippen LogP contribution >= 0.6 is 0 Å². The van der Waals surface area contributed by atoms with E-state index in [1.165, 1.54) is 276 Å². The Kier molecular flexibility index (Phi) is 66.6. The fourth-order valence-corrected chi connectivity index (χ4v) is 10.6. The van der Waals surface area contributed by atoms with Gasteiger partial charge >= 0.3 is 17.9 Å². The van der Waals surface area contributed by atoms with Crippen molar-refractivity contribution >= 4 is 17.9 Å². The van der Waals surface area contributed by atoms with Crippen LogP contribution in [0.2, 0.25) is 0 Å². The van der Waals surface area contributed by atoms with Crippen molar-refractivity contribution < 1.29 is 28.6 Å². The number of unbranched alkanes of at least 4 members (excludes halogenated alkanes) is 47. The monoisotopic (exact) mass is 1120 g/mol. The van der Waals surface area contributed by atoms with Gasteiger partial charge in [-0.15, -0.1) is 0 Å². The molecule has 0 rings (SSSR count). The number of hydrogen-bond donors (Lipinski definition) is 0. The van der Waals surface area contributed by atoms with E-state index in [-0.39, 0.29) is 31.1 Å². The molecule has 0 aliphatic heterocycles. The molecule has 0 aromatic carbocycles. The Morgan fingerprint density at radius 3 is 0.725 bits per heavy atom. The summed E-state index contributed by atoms with van der Waals surface area (Å²) in [6, 6.07) is 0. The van der Waals surface area contributed by atoms with Crippen LogP contribution in [-0.4, -0.2) is 37.2 Å². The molecule has 0 aliphatic carbocycles. The molecule has 0 fully saturated rings. The van der Waals surface area contributed by atoms with E-state index in [4.69, 9.17) is 14.2 Å². The SMILES string of the molecule is CCCCC/C=C\C/C=C\CCCCCCCCCC(=O)OCC(COC(=O)CCCCCCCCCCCCCCCCC/C=C\CCCCCCCCCC)OC(=O)CCCCCCCCC/C=C\CCCCCCCCC. The van der Waals surface area contributed by atoms with E-state index < -0.39 is 6.10 Å². The molecule has 0 aliphatic rings. The summed E-state index contributed by atoms with van der Waals surface area (Å²) in [6.07, 6.45) is 87.1. The molecule has 0 aromatic rings. The van der Waals surface area contributed by atoms with Crippen molar-refractivity contribution in [3.05, 3.63) is 48.6 Å². The van der Waals surface area contributed by atoms with Gasteiger partial charge in [0.1, 0.15) is 13.2 Å². The van der Waals surface area contributed by atoms with Crippen molar-refractivity contribution in [1.82, 2.24) is 0 Å². The lowest BCUT2D eigenvalue weighted by atomic mass is 10.0. The van der Waals surface area contributed by atoms with Crippen molar-refractivity contribution in [3.63, 3.8) is 0 Å². The minimum atomic E-state index is -0.779. The largest absolute Gasteiger partial charge is 0.462 e. The molecule has 0 bridgehead atoms. The van der Waals surface area contributed by atoms with E-state index in [2.05, 4.69) is 69.4 Å². The summed E-state index contributed by atoms with van der Waals surface area (Å²) in [5.74, 6) is -0.861. The first-order chi connectivity index (χ1) is 39.5. The van der Waals surface area contributed by atoms with Gasteiger partial charge in [0, 0.05) is 19.3 Å². The van der Waals surface area contributed by atoms with E-state index >= 15 is 0 Å². The highest BCUT2D eigenvalue weighted by Crippen LogP contribution is 2.18. The Balaban J connectivity index is 4.27. The number of carbonyl (C=O) groups is 3. The third kappa shape index (κ3) is 66.2. The van der Waals surface area contributed by atoms with E-state index in [0.29, 0.717) is 19.3 Å². The summed E-state index contributed by atoms with van der Waals surface area (Å²) in [5.41, 5.74) is 0. The van der Waals surface area contributed by atoms with Crippen LogP contribution in [0.5, 0.6) is 0 Å². The maximum absolute atomic E-state index is 12.9. The summed E-state index contributed by atoms with van der Waals surface area (Å²) in [5, 5.41) is 0. The second kappa shape index (κ2) is 68.9. The molecule has 0 N–H and O–H groups in total. The van der Waals surface area contributed by atoms with E-state index in [1.54, 1.807) is 0 Å². The molecule has 6 nitrogen and oxygen atoms in total. The van der Waals surface area contributed by atoms with E-state index in [9.17, 15) is 14.4 Å². The van der Waals surface area contributed by atoms with Crippen LogP contribution < -0.4 is 0 Å². The lowest BCUT2D eigenvalue weighted by molar-refractivity contribution is -0.167. The number of esters is 3. The van der Waals surface area contributed by atoms with Crippen molar-refractivity contribution in [3.8, 4) is 0 Å². The fraction of sp³-hybridized carbons (Fsp3) is 0.851. The molecule has 0 aromatic heterocycles. The molecule has 0 spiro atoms. The third-order valence-electron chi connectivity index (χ3n) is 16.0. The van der Waals surface area contributed by atoms with Crippen molar-refractivity contribution in [2.24, 2.45) is 0 Å². The summed E-state index contributed by atoms with van der Waals surface area (Å²) >= 11 is 0. The first kappa shape index (κ1) is 77.4. The number of rotatable bonds is 66. The van der Waals surface area contributed by atoms with Crippen molar-refractivity contribution in [2.75, 3.05) is 13.2 Å². The fourth-order valence-electron chi connectivity index (χ4n) is 10.6. The molecule has 0 saturated carbocycles. The van der Waals surface area contributed by atoms with Crippen LogP contribution in [0.3, 0.4) is 0 Å². The first-order valence-corrected chi connectivity index (χ1v) is 35.6. The first-order valence-electron chi connectivity index (χ1n) is 35.6. The molecule has 0 saturated heterocycles. The van der Waals surface area contributed by atoms with Gasteiger partial charge in [-0.3, -0.25) is 14.4 Å². The molecule has 6 heteroatoms. The lowest BCUT2D eigenvalue weighted by Crippen LogP contribution is -2.30. The molecular weight excluding hydrogens is 985 g/mol. The van der Waals surface area contributed by atoms with Gasteiger partial charge in [0.05, 0.1) is 0 Å². The van der Waals surface area contributed by atoms with Gasteiger partial charge in [-0.05, 0) is 103 Å². The van der Waals surface area contributed by atoms with Crippen LogP contribution in [-0.2, 0) is 28.6 Å². The average molecular weight is 1120 g/mol. The van der Waals surface area contributed by atoms with E-state index in [0.717, 1.165) is 70.6 Å². The predicted molar refractivity (Wildman–Crippen MR) is 349 cm³/mol. The van der Waals surface area contributed by atoms with Crippen LogP contribution in [0.4, 0.5) is 0 Å². The molecule has 0 radical (unpaired) electrons. The molecule has 1 unspecified atom stereocenters. The topological polar surface area (TPSA) is 78.9 Å². The zero-order valence-corrected chi connectivity index (χ0v) is 53.9. The summed E-state index contributed by atoms with van der Waals surface area (Å²) in [6.45, 7) is 6.67.